The Bertz CT molecular complexity index is 706. The molecule has 2 rings (SSSR count). The van der Waals surface area contributed by atoms with E-state index >= 15 is 0 Å². The number of nitrogens with one attached hydrogen (secondary N) is 1. The van der Waals surface area contributed by atoms with E-state index < -0.39 is 11.9 Å². The molecule has 0 unspecified atom stereocenters. The minimum Gasteiger partial charge on any atom is -0.361 e. The highest BCUT2D eigenvalue weighted by molar-refractivity contribution is 9.10. The lowest BCUT2D eigenvalue weighted by Gasteiger charge is -2.16. The molecule has 0 aliphatic carbocycles. The van der Waals surface area contributed by atoms with Crippen LogP contribution >= 0.6 is 15.9 Å². The van der Waals surface area contributed by atoms with Gasteiger partial charge in [-0.2, -0.15) is 13.2 Å². The van der Waals surface area contributed by atoms with Crippen LogP contribution in [0.25, 0.3) is 11.3 Å². The maximum atomic E-state index is 13.5. The molecule has 0 radical (unpaired) electrons. The Morgan fingerprint density at radius 2 is 1.87 bits per heavy atom. The molecule has 124 valence electrons. The predicted molar refractivity (Wildman–Crippen MR) is 86.8 cm³/mol. The number of benzene rings is 1. The molecule has 23 heavy (non-hydrogen) atoms. The molecule has 0 spiro atoms. The lowest BCUT2D eigenvalue weighted by atomic mass is 10.1. The second kappa shape index (κ2) is 6.88. The van der Waals surface area contributed by atoms with Gasteiger partial charge >= 0.3 is 6.18 Å². The van der Waals surface area contributed by atoms with Gasteiger partial charge < -0.3 is 14.7 Å². The fraction of sp³-hybridized carbons (Fsp3) is 0.312. The van der Waals surface area contributed by atoms with Gasteiger partial charge in [-0.25, -0.2) is 0 Å². The maximum absolute atomic E-state index is 13.5. The standard InChI is InChI=1S/C16H16BrF3N2O/c1-3-23-9-22-14(11-6-4-10(2)5-7-11)12(8-21)13(17)15(22)16(18,19)20/h4-8,21H,3,9H2,1-2H3. The first-order valence-corrected chi connectivity index (χ1v) is 7.75. The maximum Gasteiger partial charge on any atom is 0.432 e. The summed E-state index contributed by atoms with van der Waals surface area (Å²) in [6.07, 6.45) is -3.63. The summed E-state index contributed by atoms with van der Waals surface area (Å²) in [7, 11) is 0. The monoisotopic (exact) mass is 388 g/mol. The average molecular weight is 389 g/mol. The van der Waals surface area contributed by atoms with Crippen LogP contribution in [0.5, 0.6) is 0 Å². The highest BCUT2D eigenvalue weighted by Gasteiger charge is 2.40. The topological polar surface area (TPSA) is 38.0 Å². The van der Waals surface area contributed by atoms with Gasteiger partial charge in [0.1, 0.15) is 12.4 Å². The Hall–Kier alpha value is -1.60. The third kappa shape index (κ3) is 3.50. The third-order valence-electron chi connectivity index (χ3n) is 3.40. The summed E-state index contributed by atoms with van der Waals surface area (Å²) >= 11 is 3.00. The zero-order valence-electron chi connectivity index (χ0n) is 12.7. The zero-order valence-corrected chi connectivity index (χ0v) is 14.3. The molecule has 0 aliphatic rings. The van der Waals surface area contributed by atoms with Gasteiger partial charge in [-0.15, -0.1) is 0 Å². The fourth-order valence-corrected chi connectivity index (χ4v) is 3.09. The molecule has 0 fully saturated rings. The lowest BCUT2D eigenvalue weighted by Crippen LogP contribution is -2.16. The van der Waals surface area contributed by atoms with Crippen molar-refractivity contribution in [2.24, 2.45) is 0 Å². The van der Waals surface area contributed by atoms with Crippen LogP contribution in [-0.4, -0.2) is 17.4 Å². The quantitative estimate of drug-likeness (QED) is 0.699. The highest BCUT2D eigenvalue weighted by Crippen LogP contribution is 2.42. The van der Waals surface area contributed by atoms with E-state index in [4.69, 9.17) is 10.1 Å². The number of nitrogens with zero attached hydrogens (tertiary/aromatic N) is 1. The number of rotatable bonds is 5. The minimum absolute atomic E-state index is 0.143. The van der Waals surface area contributed by atoms with Gasteiger partial charge in [0.05, 0.1) is 10.2 Å². The summed E-state index contributed by atoms with van der Waals surface area (Å²) in [6.45, 7) is 3.67. The van der Waals surface area contributed by atoms with Crippen LogP contribution in [0.1, 0.15) is 23.7 Å². The molecule has 0 saturated carbocycles. The van der Waals surface area contributed by atoms with Crippen molar-refractivity contribution in [2.75, 3.05) is 6.61 Å². The number of alkyl halides is 3. The van der Waals surface area contributed by atoms with Crippen molar-refractivity contribution in [2.45, 2.75) is 26.8 Å². The molecule has 1 aromatic heterocycles. The second-order valence-electron chi connectivity index (χ2n) is 4.98. The van der Waals surface area contributed by atoms with Crippen LogP contribution in [0.2, 0.25) is 0 Å². The first kappa shape index (κ1) is 17.7. The van der Waals surface area contributed by atoms with Crippen molar-refractivity contribution in [1.29, 1.82) is 5.41 Å². The number of hydrogen-bond donors (Lipinski definition) is 1. The summed E-state index contributed by atoms with van der Waals surface area (Å²) in [5.41, 5.74) is 1.25. The van der Waals surface area contributed by atoms with E-state index in [1.807, 2.05) is 19.1 Å². The van der Waals surface area contributed by atoms with Gasteiger partial charge in [0.25, 0.3) is 0 Å². The van der Waals surface area contributed by atoms with Crippen molar-refractivity contribution in [3.63, 3.8) is 0 Å². The van der Waals surface area contributed by atoms with Gasteiger partial charge in [-0.1, -0.05) is 29.8 Å². The number of aromatic nitrogens is 1. The second-order valence-corrected chi connectivity index (χ2v) is 5.78. The molecule has 1 aromatic carbocycles. The molecule has 0 aliphatic heterocycles. The first-order valence-electron chi connectivity index (χ1n) is 6.95. The molecule has 3 nitrogen and oxygen atoms in total. The van der Waals surface area contributed by atoms with Crippen LogP contribution < -0.4 is 0 Å². The van der Waals surface area contributed by atoms with Crippen LogP contribution in [0.4, 0.5) is 13.2 Å². The van der Waals surface area contributed by atoms with Crippen LogP contribution in [0.15, 0.2) is 28.7 Å². The molecule has 0 saturated heterocycles. The number of aryl methyl sites for hydroxylation is 1. The highest BCUT2D eigenvalue weighted by atomic mass is 79.9. The van der Waals surface area contributed by atoms with E-state index in [-0.39, 0.29) is 16.8 Å². The van der Waals surface area contributed by atoms with Gasteiger partial charge in [0, 0.05) is 18.4 Å². The normalized spacial score (nSPS) is 11.7. The van der Waals surface area contributed by atoms with E-state index in [1.165, 1.54) is 0 Å². The number of ether oxygens (including phenoxy) is 1. The zero-order chi connectivity index (χ0) is 17.2. The molecule has 2 aromatic rings. The summed E-state index contributed by atoms with van der Waals surface area (Å²) in [4.78, 5) is 0. The van der Waals surface area contributed by atoms with Crippen molar-refractivity contribution in [3.8, 4) is 11.3 Å². The largest absolute Gasteiger partial charge is 0.432 e. The Balaban J connectivity index is 2.76. The lowest BCUT2D eigenvalue weighted by molar-refractivity contribution is -0.146. The molecule has 1 heterocycles. The van der Waals surface area contributed by atoms with Crippen molar-refractivity contribution >= 4 is 22.1 Å². The Morgan fingerprint density at radius 1 is 1.26 bits per heavy atom. The number of hydrogen-bond acceptors (Lipinski definition) is 2. The fourth-order valence-electron chi connectivity index (χ4n) is 2.35. The van der Waals surface area contributed by atoms with E-state index in [0.717, 1.165) is 16.3 Å². The van der Waals surface area contributed by atoms with Crippen molar-refractivity contribution in [1.82, 2.24) is 4.57 Å². The van der Waals surface area contributed by atoms with Crippen molar-refractivity contribution < 1.29 is 17.9 Å². The number of halogens is 4. The van der Waals surface area contributed by atoms with Crippen molar-refractivity contribution in [3.05, 3.63) is 45.6 Å². The molecular weight excluding hydrogens is 373 g/mol. The summed E-state index contributed by atoms with van der Waals surface area (Å²) < 4.78 is 46.5. The van der Waals surface area contributed by atoms with E-state index in [2.05, 4.69) is 15.9 Å². The summed E-state index contributed by atoms with van der Waals surface area (Å²) in [6, 6.07) is 7.13. The van der Waals surface area contributed by atoms with Crippen LogP contribution in [0.3, 0.4) is 0 Å². The molecular formula is C16H16BrF3N2O. The molecule has 0 amide bonds. The summed E-state index contributed by atoms with van der Waals surface area (Å²) in [5.74, 6) is 0. The molecule has 0 bridgehead atoms. The smallest absolute Gasteiger partial charge is 0.361 e. The first-order chi connectivity index (χ1) is 10.8. The van der Waals surface area contributed by atoms with E-state index in [0.29, 0.717) is 17.9 Å². The predicted octanol–water partition coefficient (Wildman–Crippen LogP) is 5.24. The van der Waals surface area contributed by atoms with Gasteiger partial charge in [-0.3, -0.25) is 0 Å². The molecule has 7 heteroatoms. The summed E-state index contributed by atoms with van der Waals surface area (Å²) in [5, 5.41) is 7.53. The van der Waals surface area contributed by atoms with Crippen LogP contribution in [0, 0.1) is 12.3 Å². The Morgan fingerprint density at radius 3 is 2.35 bits per heavy atom. The van der Waals surface area contributed by atoms with Gasteiger partial charge in [0.2, 0.25) is 0 Å². The van der Waals surface area contributed by atoms with Gasteiger partial charge in [0.15, 0.2) is 0 Å². The molecule has 1 N–H and O–H groups in total. The van der Waals surface area contributed by atoms with Gasteiger partial charge in [-0.05, 0) is 35.3 Å². The van der Waals surface area contributed by atoms with E-state index in [9.17, 15) is 13.2 Å². The van der Waals surface area contributed by atoms with Crippen LogP contribution in [-0.2, 0) is 17.6 Å². The minimum atomic E-state index is -4.56. The Labute approximate surface area is 140 Å². The third-order valence-corrected chi connectivity index (χ3v) is 4.20. The molecule has 0 atom stereocenters. The van der Waals surface area contributed by atoms with E-state index in [1.54, 1.807) is 19.1 Å². The average Bonchev–Trinajstić information content (AvgIpc) is 2.77. The SMILES string of the molecule is CCOCn1c(-c2ccc(C)cc2)c(C=N)c(Br)c1C(F)(F)F. The Kier molecular flexibility index (Phi) is 5.31.